The quantitative estimate of drug-likeness (QED) is 0.831. The van der Waals surface area contributed by atoms with Crippen molar-refractivity contribution in [1.29, 1.82) is 5.26 Å². The number of fused-ring (bicyclic) bond motifs is 1. The van der Waals surface area contributed by atoms with Gasteiger partial charge in [0.1, 0.15) is 18.3 Å². The van der Waals surface area contributed by atoms with Crippen LogP contribution in [0, 0.1) is 11.3 Å². The minimum absolute atomic E-state index is 0.00612. The zero-order valence-electron chi connectivity index (χ0n) is 12.1. The van der Waals surface area contributed by atoms with E-state index in [0.717, 1.165) is 12.0 Å². The van der Waals surface area contributed by atoms with Crippen LogP contribution >= 0.6 is 0 Å². The van der Waals surface area contributed by atoms with Gasteiger partial charge in [0.05, 0.1) is 23.4 Å². The van der Waals surface area contributed by atoms with Crippen LogP contribution < -0.4 is 5.73 Å². The van der Waals surface area contributed by atoms with Crippen LogP contribution in [0.4, 0.5) is 0 Å². The second kappa shape index (κ2) is 4.59. The van der Waals surface area contributed by atoms with Gasteiger partial charge >= 0.3 is 0 Å². The largest absolute Gasteiger partial charge is 0.398 e. The summed E-state index contributed by atoms with van der Waals surface area (Å²) in [6, 6.07) is 2.14. The molecule has 4 atom stereocenters. The molecular weight excluding hydrogens is 256 g/mol. The topological polar surface area (TPSA) is 77.5 Å². The van der Waals surface area contributed by atoms with E-state index in [1.165, 1.54) is 0 Å². The number of ether oxygens (including phenoxy) is 3. The van der Waals surface area contributed by atoms with Crippen LogP contribution in [0.25, 0.3) is 0 Å². The first-order valence-corrected chi connectivity index (χ1v) is 7.07. The van der Waals surface area contributed by atoms with Crippen LogP contribution in [-0.2, 0) is 14.2 Å². The Balaban J connectivity index is 1.89. The number of nitriles is 1. The summed E-state index contributed by atoms with van der Waals surface area (Å²) in [6.45, 7) is 5.90. The molecule has 0 aromatic rings. The van der Waals surface area contributed by atoms with Gasteiger partial charge in [0.25, 0.3) is 0 Å². The number of nitrogens with zero attached hydrogens (tertiary/aromatic N) is 1. The maximum absolute atomic E-state index is 9.05. The molecule has 0 bridgehead atoms. The smallest absolute Gasteiger partial charge is 0.164 e. The van der Waals surface area contributed by atoms with Crippen LogP contribution in [0.5, 0.6) is 0 Å². The first-order chi connectivity index (χ1) is 9.46. The number of hydrogen-bond donors (Lipinski definition) is 1. The number of hydrogen-bond acceptors (Lipinski definition) is 5. The van der Waals surface area contributed by atoms with Crippen LogP contribution in [0.2, 0.25) is 0 Å². The van der Waals surface area contributed by atoms with Crippen LogP contribution in [0.3, 0.4) is 0 Å². The Labute approximate surface area is 119 Å². The van der Waals surface area contributed by atoms with Crippen molar-refractivity contribution >= 4 is 0 Å². The zero-order chi connectivity index (χ0) is 14.5. The summed E-state index contributed by atoms with van der Waals surface area (Å²) in [5.74, 6) is -0.597. The molecule has 5 heteroatoms. The van der Waals surface area contributed by atoms with E-state index in [2.05, 4.69) is 13.0 Å². The number of nitrogens with two attached hydrogens (primary N) is 1. The van der Waals surface area contributed by atoms with Crippen molar-refractivity contribution in [3.63, 3.8) is 0 Å². The highest BCUT2D eigenvalue weighted by Gasteiger charge is 2.55. The first-order valence-electron chi connectivity index (χ1n) is 7.07. The molecular formula is C15H20N2O3. The molecule has 108 valence electrons. The average Bonchev–Trinajstić information content (AvgIpc) is 3.00. The molecule has 0 spiro atoms. The molecule has 2 fully saturated rings. The van der Waals surface area contributed by atoms with E-state index in [1.54, 1.807) is 0 Å². The molecule has 0 aromatic heterocycles. The normalized spacial score (nSPS) is 38.8. The lowest BCUT2D eigenvalue weighted by atomic mass is 10.00. The SMILES string of the molecule is CC[C@H]1OC(C2=CCC(C#N)=C2N)[C@@H]2OC(C)(C)O[C@H]12. The first kappa shape index (κ1) is 13.6. The van der Waals surface area contributed by atoms with E-state index >= 15 is 0 Å². The van der Waals surface area contributed by atoms with Gasteiger partial charge in [0.2, 0.25) is 0 Å². The Morgan fingerprint density at radius 1 is 1.40 bits per heavy atom. The summed E-state index contributed by atoms with van der Waals surface area (Å²) in [5.41, 5.74) is 8.10. The van der Waals surface area contributed by atoms with E-state index in [1.807, 2.05) is 19.9 Å². The molecule has 2 saturated heterocycles. The summed E-state index contributed by atoms with van der Waals surface area (Å²) in [4.78, 5) is 0. The molecule has 0 amide bonds. The third kappa shape index (κ3) is 1.96. The Kier molecular flexibility index (Phi) is 3.13. The van der Waals surface area contributed by atoms with Gasteiger partial charge in [-0.1, -0.05) is 13.0 Å². The second-order valence-corrected chi connectivity index (χ2v) is 5.94. The van der Waals surface area contributed by atoms with Gasteiger partial charge in [0, 0.05) is 12.0 Å². The maximum Gasteiger partial charge on any atom is 0.164 e. The molecule has 2 N–H and O–H groups in total. The van der Waals surface area contributed by atoms with E-state index in [9.17, 15) is 0 Å². The number of rotatable bonds is 2. The third-order valence-electron chi connectivity index (χ3n) is 4.16. The third-order valence-corrected chi connectivity index (χ3v) is 4.16. The summed E-state index contributed by atoms with van der Waals surface area (Å²) >= 11 is 0. The van der Waals surface area contributed by atoms with E-state index < -0.39 is 5.79 Å². The highest BCUT2D eigenvalue weighted by Crippen LogP contribution is 2.43. The molecule has 0 saturated carbocycles. The molecule has 2 heterocycles. The minimum Gasteiger partial charge on any atom is -0.398 e. The minimum atomic E-state index is -0.597. The van der Waals surface area contributed by atoms with Crippen molar-refractivity contribution in [2.45, 2.75) is 63.8 Å². The lowest BCUT2D eigenvalue weighted by Crippen LogP contribution is -2.32. The second-order valence-electron chi connectivity index (χ2n) is 5.94. The van der Waals surface area contributed by atoms with Gasteiger partial charge in [-0.15, -0.1) is 0 Å². The van der Waals surface area contributed by atoms with Crippen molar-refractivity contribution in [3.05, 3.63) is 22.9 Å². The lowest BCUT2D eigenvalue weighted by molar-refractivity contribution is -0.183. The molecule has 1 aliphatic carbocycles. The maximum atomic E-state index is 9.05. The Bertz CT molecular complexity index is 530. The van der Waals surface area contributed by atoms with Gasteiger partial charge in [0.15, 0.2) is 5.79 Å². The lowest BCUT2D eigenvalue weighted by Gasteiger charge is -2.24. The summed E-state index contributed by atoms with van der Waals surface area (Å²) in [5, 5.41) is 9.05. The average molecular weight is 276 g/mol. The summed E-state index contributed by atoms with van der Waals surface area (Å²) in [6.07, 6.45) is 2.96. The van der Waals surface area contributed by atoms with Crippen molar-refractivity contribution < 1.29 is 14.2 Å². The van der Waals surface area contributed by atoms with Gasteiger partial charge in [-0.25, -0.2) is 0 Å². The van der Waals surface area contributed by atoms with Crippen LogP contribution in [0.15, 0.2) is 22.9 Å². The fraction of sp³-hybridized carbons (Fsp3) is 0.667. The monoisotopic (exact) mass is 276 g/mol. The standard InChI is InChI=1S/C15H20N2O3/c1-4-10-13-14(20-15(2,3)19-13)12(18-10)9-6-5-8(7-16)11(9)17/h6,10,12-14H,4-5,17H2,1-3H3/t10-,12?,13-,14+/m1/s1. The fourth-order valence-electron chi connectivity index (χ4n) is 3.24. The highest BCUT2D eigenvalue weighted by molar-refractivity contribution is 5.49. The van der Waals surface area contributed by atoms with Gasteiger partial charge in [-0.2, -0.15) is 5.26 Å². The van der Waals surface area contributed by atoms with Crippen molar-refractivity contribution in [2.75, 3.05) is 0 Å². The molecule has 2 aliphatic heterocycles. The summed E-state index contributed by atoms with van der Waals surface area (Å²) < 4.78 is 18.0. The Morgan fingerprint density at radius 2 is 2.10 bits per heavy atom. The zero-order valence-corrected chi connectivity index (χ0v) is 12.1. The summed E-state index contributed by atoms with van der Waals surface area (Å²) in [7, 11) is 0. The molecule has 20 heavy (non-hydrogen) atoms. The Hall–Kier alpha value is -1.35. The highest BCUT2D eigenvalue weighted by atomic mass is 16.8. The van der Waals surface area contributed by atoms with Crippen LogP contribution in [0.1, 0.15) is 33.6 Å². The molecule has 3 aliphatic rings. The van der Waals surface area contributed by atoms with Gasteiger partial charge in [-0.05, 0) is 20.3 Å². The predicted molar refractivity (Wildman–Crippen MR) is 72.3 cm³/mol. The molecule has 3 rings (SSSR count). The molecule has 1 unspecified atom stereocenters. The van der Waals surface area contributed by atoms with Crippen LogP contribution in [-0.4, -0.2) is 30.2 Å². The fourth-order valence-corrected chi connectivity index (χ4v) is 3.24. The van der Waals surface area contributed by atoms with Gasteiger partial charge in [-0.3, -0.25) is 0 Å². The molecule has 0 aromatic carbocycles. The Morgan fingerprint density at radius 3 is 2.70 bits per heavy atom. The van der Waals surface area contributed by atoms with Crippen molar-refractivity contribution in [3.8, 4) is 6.07 Å². The number of allylic oxidation sites excluding steroid dienone is 2. The van der Waals surface area contributed by atoms with Crippen molar-refractivity contribution in [2.24, 2.45) is 5.73 Å². The van der Waals surface area contributed by atoms with E-state index in [4.69, 9.17) is 25.2 Å². The van der Waals surface area contributed by atoms with E-state index in [0.29, 0.717) is 17.7 Å². The van der Waals surface area contributed by atoms with Crippen molar-refractivity contribution in [1.82, 2.24) is 0 Å². The predicted octanol–water partition coefficient (Wildman–Crippen LogP) is 1.75. The molecule has 0 radical (unpaired) electrons. The van der Waals surface area contributed by atoms with Gasteiger partial charge < -0.3 is 19.9 Å². The molecule has 5 nitrogen and oxygen atoms in total. The van der Waals surface area contributed by atoms with E-state index in [-0.39, 0.29) is 24.4 Å².